The third kappa shape index (κ3) is 5.50. The van der Waals surface area contributed by atoms with Crippen LogP contribution in [-0.4, -0.2) is 18.5 Å². The molecule has 0 bridgehead atoms. The molecule has 3 N–H and O–H groups in total. The zero-order chi connectivity index (χ0) is 18.2. The van der Waals surface area contributed by atoms with Crippen LogP contribution >= 0.6 is 11.6 Å². The van der Waals surface area contributed by atoms with Crippen LogP contribution in [0.2, 0.25) is 5.02 Å². The number of nitrogens with two attached hydrogens (primary N) is 1. The highest BCUT2D eigenvalue weighted by Gasteiger charge is 2.16. The SMILES string of the molecule is CCC[C@@H](NC(=O)COC(=O)c1ccc(Cl)c(N)c1)c1ccccc1. The lowest BCUT2D eigenvalue weighted by Gasteiger charge is -2.18. The van der Waals surface area contributed by atoms with Gasteiger partial charge < -0.3 is 15.8 Å². The number of esters is 1. The summed E-state index contributed by atoms with van der Waals surface area (Å²) in [5.41, 5.74) is 7.22. The molecule has 0 spiro atoms. The second kappa shape index (κ2) is 9.08. The molecule has 1 amide bonds. The van der Waals surface area contributed by atoms with Crippen molar-refractivity contribution in [1.29, 1.82) is 0 Å². The van der Waals surface area contributed by atoms with Crippen molar-refractivity contribution >= 4 is 29.2 Å². The Morgan fingerprint density at radius 1 is 1.20 bits per heavy atom. The van der Waals surface area contributed by atoms with E-state index < -0.39 is 5.97 Å². The first kappa shape index (κ1) is 18.8. The van der Waals surface area contributed by atoms with E-state index in [1.165, 1.54) is 18.2 Å². The Labute approximate surface area is 152 Å². The Bertz CT molecular complexity index is 735. The molecular weight excluding hydrogens is 340 g/mol. The molecule has 2 aromatic rings. The fraction of sp³-hybridized carbons (Fsp3) is 0.263. The van der Waals surface area contributed by atoms with Crippen LogP contribution in [0, 0.1) is 0 Å². The second-order valence-electron chi connectivity index (χ2n) is 5.63. The van der Waals surface area contributed by atoms with Crippen LogP contribution in [0.3, 0.4) is 0 Å². The van der Waals surface area contributed by atoms with Crippen molar-refractivity contribution in [3.63, 3.8) is 0 Å². The molecule has 0 aliphatic carbocycles. The van der Waals surface area contributed by atoms with E-state index in [4.69, 9.17) is 22.1 Å². The van der Waals surface area contributed by atoms with E-state index >= 15 is 0 Å². The maximum absolute atomic E-state index is 12.1. The molecule has 25 heavy (non-hydrogen) atoms. The lowest BCUT2D eigenvalue weighted by atomic mass is 10.0. The number of nitrogen functional groups attached to an aromatic ring is 1. The number of ether oxygens (including phenoxy) is 1. The van der Waals surface area contributed by atoms with Gasteiger partial charge >= 0.3 is 5.97 Å². The number of rotatable bonds is 7. The smallest absolute Gasteiger partial charge is 0.338 e. The van der Waals surface area contributed by atoms with Crippen molar-refractivity contribution < 1.29 is 14.3 Å². The van der Waals surface area contributed by atoms with E-state index in [-0.39, 0.29) is 29.8 Å². The molecule has 0 fully saturated rings. The largest absolute Gasteiger partial charge is 0.452 e. The maximum atomic E-state index is 12.1. The van der Waals surface area contributed by atoms with Gasteiger partial charge in [0.25, 0.3) is 5.91 Å². The summed E-state index contributed by atoms with van der Waals surface area (Å²) in [6.45, 7) is 1.70. The molecule has 6 heteroatoms. The summed E-state index contributed by atoms with van der Waals surface area (Å²) in [7, 11) is 0. The van der Waals surface area contributed by atoms with Crippen molar-refractivity contribution in [3.8, 4) is 0 Å². The lowest BCUT2D eigenvalue weighted by molar-refractivity contribution is -0.125. The number of carbonyl (C=O) groups excluding carboxylic acids is 2. The Morgan fingerprint density at radius 2 is 1.92 bits per heavy atom. The Balaban J connectivity index is 1.92. The maximum Gasteiger partial charge on any atom is 0.338 e. The molecule has 2 aromatic carbocycles. The summed E-state index contributed by atoms with van der Waals surface area (Å²) in [5, 5.41) is 3.26. The minimum atomic E-state index is -0.620. The summed E-state index contributed by atoms with van der Waals surface area (Å²) in [5.74, 6) is -0.970. The number of halogens is 1. The molecule has 0 aromatic heterocycles. The van der Waals surface area contributed by atoms with Crippen LogP contribution in [0.4, 0.5) is 5.69 Å². The minimum Gasteiger partial charge on any atom is -0.452 e. The molecule has 2 rings (SSSR count). The minimum absolute atomic E-state index is 0.108. The van der Waals surface area contributed by atoms with Gasteiger partial charge in [-0.05, 0) is 30.2 Å². The molecular formula is C19H21ClN2O3. The molecule has 0 saturated carbocycles. The molecule has 5 nitrogen and oxygen atoms in total. The number of carbonyl (C=O) groups is 2. The number of amides is 1. The predicted octanol–water partition coefficient (Wildman–Crippen LogP) is 3.74. The van der Waals surface area contributed by atoms with Crippen molar-refractivity contribution in [3.05, 3.63) is 64.7 Å². The average molecular weight is 361 g/mol. The van der Waals surface area contributed by atoms with Crippen LogP contribution < -0.4 is 11.1 Å². The van der Waals surface area contributed by atoms with Gasteiger partial charge in [-0.2, -0.15) is 0 Å². The predicted molar refractivity (Wildman–Crippen MR) is 98.4 cm³/mol. The van der Waals surface area contributed by atoms with Crippen LogP contribution in [0.5, 0.6) is 0 Å². The normalized spacial score (nSPS) is 11.6. The molecule has 132 valence electrons. The Kier molecular flexibility index (Phi) is 6.83. The lowest BCUT2D eigenvalue weighted by Crippen LogP contribution is -2.32. The number of benzene rings is 2. The molecule has 0 radical (unpaired) electrons. The summed E-state index contributed by atoms with van der Waals surface area (Å²) in [6, 6.07) is 14.0. The van der Waals surface area contributed by atoms with Gasteiger partial charge in [-0.1, -0.05) is 55.3 Å². The first-order valence-electron chi connectivity index (χ1n) is 8.07. The average Bonchev–Trinajstić information content (AvgIpc) is 2.62. The van der Waals surface area contributed by atoms with Gasteiger partial charge in [0.1, 0.15) is 0 Å². The van der Waals surface area contributed by atoms with E-state index in [2.05, 4.69) is 5.32 Å². The van der Waals surface area contributed by atoms with Gasteiger partial charge in [0.2, 0.25) is 0 Å². The summed E-state index contributed by atoms with van der Waals surface area (Å²) in [6.07, 6.45) is 1.72. The van der Waals surface area contributed by atoms with Crippen LogP contribution in [0.15, 0.2) is 48.5 Å². The molecule has 0 heterocycles. The van der Waals surface area contributed by atoms with Crippen LogP contribution in [0.25, 0.3) is 0 Å². The summed E-state index contributed by atoms with van der Waals surface area (Å²) < 4.78 is 5.05. The van der Waals surface area contributed by atoms with Crippen molar-refractivity contribution in [2.45, 2.75) is 25.8 Å². The van der Waals surface area contributed by atoms with E-state index in [0.29, 0.717) is 5.02 Å². The quantitative estimate of drug-likeness (QED) is 0.582. The van der Waals surface area contributed by atoms with E-state index in [1.807, 2.05) is 37.3 Å². The Morgan fingerprint density at radius 3 is 2.56 bits per heavy atom. The Hall–Kier alpha value is -2.53. The number of hydrogen-bond donors (Lipinski definition) is 2. The van der Waals surface area contributed by atoms with Crippen molar-refractivity contribution in [1.82, 2.24) is 5.32 Å². The number of anilines is 1. The van der Waals surface area contributed by atoms with Crippen molar-refractivity contribution in [2.24, 2.45) is 0 Å². The van der Waals surface area contributed by atoms with Crippen LogP contribution in [-0.2, 0) is 9.53 Å². The third-order valence-electron chi connectivity index (χ3n) is 3.68. The van der Waals surface area contributed by atoms with Gasteiger partial charge in [0, 0.05) is 0 Å². The molecule has 0 aliphatic rings. The first-order chi connectivity index (χ1) is 12.0. The topological polar surface area (TPSA) is 81.4 Å². The summed E-state index contributed by atoms with van der Waals surface area (Å²) >= 11 is 5.82. The molecule has 0 saturated heterocycles. The van der Waals surface area contributed by atoms with E-state index in [0.717, 1.165) is 18.4 Å². The number of hydrogen-bond acceptors (Lipinski definition) is 4. The van der Waals surface area contributed by atoms with Gasteiger partial charge in [-0.15, -0.1) is 0 Å². The third-order valence-corrected chi connectivity index (χ3v) is 4.02. The summed E-state index contributed by atoms with van der Waals surface area (Å²) in [4.78, 5) is 24.1. The standard InChI is InChI=1S/C19H21ClN2O3/c1-2-6-17(13-7-4-3-5-8-13)22-18(23)12-25-19(24)14-9-10-15(20)16(21)11-14/h3-5,7-11,17H,2,6,12,21H2,1H3,(H,22,23)/t17-/m1/s1. The highest BCUT2D eigenvalue weighted by molar-refractivity contribution is 6.33. The van der Waals surface area contributed by atoms with E-state index in [1.54, 1.807) is 0 Å². The monoisotopic (exact) mass is 360 g/mol. The van der Waals surface area contributed by atoms with Gasteiger partial charge in [-0.3, -0.25) is 4.79 Å². The fourth-order valence-electron chi connectivity index (χ4n) is 2.42. The van der Waals surface area contributed by atoms with Crippen LogP contribution in [0.1, 0.15) is 41.7 Å². The van der Waals surface area contributed by atoms with E-state index in [9.17, 15) is 9.59 Å². The molecule has 1 atom stereocenters. The highest BCUT2D eigenvalue weighted by Crippen LogP contribution is 2.20. The van der Waals surface area contributed by atoms with Crippen molar-refractivity contribution in [2.75, 3.05) is 12.3 Å². The van der Waals surface area contributed by atoms with Gasteiger partial charge in [-0.25, -0.2) is 4.79 Å². The second-order valence-corrected chi connectivity index (χ2v) is 6.04. The zero-order valence-electron chi connectivity index (χ0n) is 14.0. The highest BCUT2D eigenvalue weighted by atomic mass is 35.5. The molecule has 0 aliphatic heterocycles. The number of nitrogens with one attached hydrogen (secondary N) is 1. The van der Waals surface area contributed by atoms with Gasteiger partial charge in [0.05, 0.1) is 22.3 Å². The fourth-order valence-corrected chi connectivity index (χ4v) is 2.53. The van der Waals surface area contributed by atoms with Gasteiger partial charge in [0.15, 0.2) is 6.61 Å². The zero-order valence-corrected chi connectivity index (χ0v) is 14.8. The molecule has 0 unspecified atom stereocenters. The first-order valence-corrected chi connectivity index (χ1v) is 8.45.